The summed E-state index contributed by atoms with van der Waals surface area (Å²) in [5.41, 5.74) is 7.45. The molecule has 3 heterocycles. The lowest BCUT2D eigenvalue weighted by atomic mass is 10.1. The molecule has 1 fully saturated rings. The number of hydrogen-bond acceptors (Lipinski definition) is 11. The lowest BCUT2D eigenvalue weighted by molar-refractivity contribution is -0.0606. The number of nitrogens with two attached hydrogens (primary N) is 1. The molecule has 0 radical (unpaired) electrons. The van der Waals surface area contributed by atoms with Crippen molar-refractivity contribution in [3.8, 4) is 0 Å². The highest BCUT2D eigenvalue weighted by Gasteiger charge is 2.51. The number of esters is 3. The zero-order chi connectivity index (χ0) is 30.6. The predicted molar refractivity (Wildman–Crippen MR) is 159 cm³/mol. The van der Waals surface area contributed by atoms with Crippen molar-refractivity contribution in [2.24, 2.45) is 0 Å². The Hall–Kier alpha value is -5.40. The third-order valence-electron chi connectivity index (χ3n) is 6.92. The number of carbonyl (C=O) groups is 3. The fraction of sp³-hybridized carbons (Fsp3) is 0.161. The summed E-state index contributed by atoms with van der Waals surface area (Å²) in [5.74, 6) is -1.96. The van der Waals surface area contributed by atoms with E-state index in [0.29, 0.717) is 16.7 Å². The minimum Gasteiger partial charge on any atom is -0.459 e. The summed E-state index contributed by atoms with van der Waals surface area (Å²) in [6.45, 7) is -0.331. The summed E-state index contributed by atoms with van der Waals surface area (Å²) >= 11 is 5.33. The van der Waals surface area contributed by atoms with Gasteiger partial charge in [-0.25, -0.2) is 24.4 Å². The van der Waals surface area contributed by atoms with Gasteiger partial charge in [-0.1, -0.05) is 66.8 Å². The van der Waals surface area contributed by atoms with E-state index in [1.54, 1.807) is 91.0 Å². The number of benzene rings is 3. The van der Waals surface area contributed by atoms with Crippen LogP contribution in [0.4, 0.5) is 5.95 Å². The Labute approximate surface area is 255 Å². The van der Waals surface area contributed by atoms with E-state index in [1.165, 1.54) is 10.9 Å². The third-order valence-corrected chi connectivity index (χ3v) is 7.20. The second-order valence-electron chi connectivity index (χ2n) is 9.78. The molecule has 3 aromatic carbocycles. The molecular weight excluding hydrogens is 586 g/mol. The van der Waals surface area contributed by atoms with Gasteiger partial charge in [-0.15, -0.1) is 0 Å². The minimum atomic E-state index is -1.23. The van der Waals surface area contributed by atoms with E-state index in [2.05, 4.69) is 15.0 Å². The summed E-state index contributed by atoms with van der Waals surface area (Å²) < 4.78 is 25.6. The average Bonchev–Trinajstić information content (AvgIpc) is 3.62. The monoisotopic (exact) mass is 611 g/mol. The molecule has 1 aliphatic rings. The first-order chi connectivity index (χ1) is 21.4. The Bertz CT molecular complexity index is 1860. The predicted octanol–water partition coefficient (Wildman–Crippen LogP) is 4.28. The quantitative estimate of drug-likeness (QED) is 0.146. The summed E-state index contributed by atoms with van der Waals surface area (Å²) in [7, 11) is 0. The van der Waals surface area contributed by atoms with Gasteiger partial charge in [0.1, 0.15) is 23.9 Å². The van der Waals surface area contributed by atoms with Gasteiger partial charge in [-0.2, -0.15) is 0 Å². The number of aromatic amines is 1. The number of ether oxygens (including phenoxy) is 4. The molecule has 5 aromatic rings. The Morgan fingerprint density at radius 2 is 1.34 bits per heavy atom. The highest BCUT2D eigenvalue weighted by atomic mass is 32.1. The van der Waals surface area contributed by atoms with Gasteiger partial charge < -0.3 is 29.7 Å². The largest absolute Gasteiger partial charge is 0.459 e. The molecule has 12 nitrogen and oxygen atoms in total. The molecule has 44 heavy (non-hydrogen) atoms. The van der Waals surface area contributed by atoms with E-state index >= 15 is 0 Å². The Kier molecular flexibility index (Phi) is 8.12. The molecule has 0 aliphatic carbocycles. The first-order valence-corrected chi connectivity index (χ1v) is 13.9. The lowest BCUT2D eigenvalue weighted by Gasteiger charge is -2.25. The van der Waals surface area contributed by atoms with Gasteiger partial charge in [0, 0.05) is 0 Å². The average molecular weight is 612 g/mol. The molecule has 0 amide bonds. The van der Waals surface area contributed by atoms with Gasteiger partial charge in [0.05, 0.1) is 23.0 Å². The standard InChI is InChI=1S/C31H25N5O7S/c32-31-34-25-22(26(44)35-31)33-17-36(25)27-24(43-30(39)20-14-8-3-9-15-20)23(42-29(38)19-12-6-2-7-13-19)21(41-27)16-40-28(37)18-10-4-1-5-11-18/h1-15,17,21,23-24,27H,16H2,(H3,32,34,35,44)/t21-,23+,24-,27-/m1/s1. The number of anilines is 1. The number of rotatable bonds is 8. The van der Waals surface area contributed by atoms with E-state index in [4.69, 9.17) is 36.9 Å². The maximum absolute atomic E-state index is 13.4. The van der Waals surface area contributed by atoms with Crippen LogP contribution in [0.5, 0.6) is 0 Å². The molecule has 222 valence electrons. The topological polar surface area (TPSA) is 161 Å². The van der Waals surface area contributed by atoms with Crippen molar-refractivity contribution < 1.29 is 33.3 Å². The Morgan fingerprint density at radius 1 is 0.818 bits per heavy atom. The number of hydrogen-bond donors (Lipinski definition) is 2. The third kappa shape index (κ3) is 5.91. The van der Waals surface area contributed by atoms with Crippen LogP contribution in [0.2, 0.25) is 0 Å². The molecule has 13 heteroatoms. The first kappa shape index (κ1) is 28.7. The second kappa shape index (κ2) is 12.5. The number of nitrogens with zero attached hydrogens (tertiary/aromatic N) is 3. The Morgan fingerprint density at radius 3 is 1.91 bits per heavy atom. The van der Waals surface area contributed by atoms with Crippen molar-refractivity contribution in [3.63, 3.8) is 0 Å². The van der Waals surface area contributed by atoms with Crippen molar-refractivity contribution in [1.82, 2.24) is 19.5 Å². The van der Waals surface area contributed by atoms with Crippen LogP contribution in [-0.4, -0.2) is 62.3 Å². The first-order valence-electron chi connectivity index (χ1n) is 13.5. The van der Waals surface area contributed by atoms with E-state index in [1.807, 2.05) is 0 Å². The molecule has 0 unspecified atom stereocenters. The molecule has 0 bridgehead atoms. The normalized spacial score (nSPS) is 19.4. The number of fused-ring (bicyclic) bond motifs is 1. The van der Waals surface area contributed by atoms with Crippen molar-refractivity contribution in [2.75, 3.05) is 12.3 Å². The molecule has 4 atom stereocenters. The van der Waals surface area contributed by atoms with Gasteiger partial charge in [0.25, 0.3) is 0 Å². The zero-order valence-electron chi connectivity index (χ0n) is 22.9. The summed E-state index contributed by atoms with van der Waals surface area (Å²) in [4.78, 5) is 50.8. The van der Waals surface area contributed by atoms with E-state index in [0.717, 1.165) is 0 Å². The van der Waals surface area contributed by atoms with Crippen LogP contribution in [-0.2, 0) is 18.9 Å². The van der Waals surface area contributed by atoms with Crippen molar-refractivity contribution >= 4 is 47.2 Å². The van der Waals surface area contributed by atoms with Crippen LogP contribution in [0.15, 0.2) is 97.3 Å². The molecular formula is C31H25N5O7S. The highest BCUT2D eigenvalue weighted by molar-refractivity contribution is 7.71. The molecule has 0 saturated carbocycles. The van der Waals surface area contributed by atoms with E-state index < -0.39 is 42.4 Å². The molecule has 6 rings (SSSR count). The maximum Gasteiger partial charge on any atom is 0.338 e. The van der Waals surface area contributed by atoms with Crippen molar-refractivity contribution in [1.29, 1.82) is 0 Å². The van der Waals surface area contributed by atoms with Gasteiger partial charge >= 0.3 is 17.9 Å². The second-order valence-corrected chi connectivity index (χ2v) is 10.2. The molecule has 2 aromatic heterocycles. The summed E-state index contributed by atoms with van der Waals surface area (Å²) in [5, 5.41) is 0. The van der Waals surface area contributed by atoms with E-state index in [-0.39, 0.29) is 28.3 Å². The van der Waals surface area contributed by atoms with Crippen LogP contribution >= 0.6 is 12.2 Å². The maximum atomic E-state index is 13.4. The number of nitrogens with one attached hydrogen (secondary N) is 1. The smallest absolute Gasteiger partial charge is 0.338 e. The number of aromatic nitrogens is 4. The highest BCUT2D eigenvalue weighted by Crippen LogP contribution is 2.37. The summed E-state index contributed by atoms with van der Waals surface area (Å²) in [6.07, 6.45) is -3.21. The lowest BCUT2D eigenvalue weighted by Crippen LogP contribution is -2.41. The molecule has 1 saturated heterocycles. The van der Waals surface area contributed by atoms with E-state index in [9.17, 15) is 14.4 Å². The molecule has 3 N–H and O–H groups in total. The van der Waals surface area contributed by atoms with Crippen LogP contribution < -0.4 is 5.73 Å². The van der Waals surface area contributed by atoms with Crippen LogP contribution in [0.25, 0.3) is 11.2 Å². The van der Waals surface area contributed by atoms with Gasteiger partial charge in [-0.05, 0) is 36.4 Å². The SMILES string of the molecule is Nc1nc(=S)c2ncn([C@@H]3O[C@H](COC(=O)c4ccccc4)[C@H](OC(=O)c4ccccc4)[C@H]3OC(=O)c3ccccc3)c2[nH]1. The van der Waals surface area contributed by atoms with Crippen LogP contribution in [0.1, 0.15) is 37.3 Å². The molecule has 0 spiro atoms. The van der Waals surface area contributed by atoms with Gasteiger partial charge in [-0.3, -0.25) is 4.57 Å². The Balaban J connectivity index is 1.39. The number of carbonyl (C=O) groups excluding carboxylic acids is 3. The van der Waals surface area contributed by atoms with Crippen molar-refractivity contribution in [3.05, 3.63) is 119 Å². The van der Waals surface area contributed by atoms with Crippen LogP contribution in [0, 0.1) is 4.64 Å². The number of nitrogen functional groups attached to an aromatic ring is 1. The fourth-order valence-corrected chi connectivity index (χ4v) is 5.07. The fourth-order valence-electron chi connectivity index (χ4n) is 4.83. The van der Waals surface area contributed by atoms with Crippen LogP contribution in [0.3, 0.4) is 0 Å². The number of imidazole rings is 1. The summed E-state index contributed by atoms with van der Waals surface area (Å²) in [6, 6.07) is 25.0. The van der Waals surface area contributed by atoms with Crippen molar-refractivity contribution in [2.45, 2.75) is 24.5 Å². The molecule has 1 aliphatic heterocycles. The zero-order valence-corrected chi connectivity index (χ0v) is 23.8. The number of H-pyrrole nitrogens is 1. The minimum absolute atomic E-state index is 0.0282. The van der Waals surface area contributed by atoms with Gasteiger partial charge in [0.2, 0.25) is 0 Å². The van der Waals surface area contributed by atoms with Gasteiger partial charge in [0.15, 0.2) is 29.0 Å².